The normalized spacial score (nSPS) is 11.7. The van der Waals surface area contributed by atoms with E-state index in [4.69, 9.17) is 9.84 Å². The van der Waals surface area contributed by atoms with Gasteiger partial charge in [-0.3, -0.25) is 9.59 Å². The van der Waals surface area contributed by atoms with Gasteiger partial charge in [-0.05, 0) is 25.0 Å². The number of carbonyl (C=O) groups is 2. The van der Waals surface area contributed by atoms with Crippen LogP contribution in [0.3, 0.4) is 0 Å². The van der Waals surface area contributed by atoms with E-state index < -0.39 is 18.3 Å². The Morgan fingerprint density at radius 3 is 2.58 bits per heavy atom. The number of carbonyl (C=O) groups excluding carboxylic acids is 1. The van der Waals surface area contributed by atoms with Gasteiger partial charge in [0.05, 0.1) is 7.11 Å². The monoisotopic (exact) mass is 265 g/mol. The lowest BCUT2D eigenvalue weighted by Gasteiger charge is -2.25. The highest BCUT2D eigenvalue weighted by Gasteiger charge is 2.19. The van der Waals surface area contributed by atoms with Gasteiger partial charge in [0, 0.05) is 13.1 Å². The number of carboxylic acid groups (broad SMARTS) is 1. The highest BCUT2D eigenvalue weighted by molar-refractivity contribution is 5.93. The fourth-order valence-electron chi connectivity index (χ4n) is 1.83. The zero-order valence-corrected chi connectivity index (χ0v) is 11.4. The molecule has 1 aromatic carbocycles. The third kappa shape index (κ3) is 4.28. The summed E-state index contributed by atoms with van der Waals surface area (Å²) in [5.41, 5.74) is 0.993. The maximum atomic E-state index is 11.7. The van der Waals surface area contributed by atoms with Crippen molar-refractivity contribution >= 4 is 11.9 Å². The number of carboxylic acids is 1. The van der Waals surface area contributed by atoms with Crippen LogP contribution in [0.5, 0.6) is 5.75 Å². The van der Waals surface area contributed by atoms with Crippen molar-refractivity contribution in [3.05, 3.63) is 29.8 Å². The highest BCUT2D eigenvalue weighted by atomic mass is 16.5. The van der Waals surface area contributed by atoms with Crippen LogP contribution in [0.4, 0.5) is 0 Å². The van der Waals surface area contributed by atoms with E-state index in [1.807, 2.05) is 31.2 Å². The Kier molecular flexibility index (Phi) is 5.36. The van der Waals surface area contributed by atoms with Crippen molar-refractivity contribution in [1.82, 2.24) is 4.90 Å². The number of hydrogen-bond acceptors (Lipinski definition) is 3. The third-order valence-corrected chi connectivity index (χ3v) is 3.06. The number of para-hydroxylation sites is 1. The zero-order chi connectivity index (χ0) is 14.4. The van der Waals surface area contributed by atoms with E-state index in [0.717, 1.165) is 11.3 Å². The molecule has 1 N–H and O–H groups in total. The highest BCUT2D eigenvalue weighted by Crippen LogP contribution is 2.20. The molecule has 5 heteroatoms. The van der Waals surface area contributed by atoms with Crippen LogP contribution < -0.4 is 4.74 Å². The number of aliphatic carboxylic acids is 1. The van der Waals surface area contributed by atoms with Crippen LogP contribution in [0.1, 0.15) is 18.9 Å². The Morgan fingerprint density at radius 1 is 1.37 bits per heavy atom. The summed E-state index contributed by atoms with van der Waals surface area (Å²) >= 11 is 0. The van der Waals surface area contributed by atoms with Gasteiger partial charge in [0.2, 0.25) is 5.91 Å². The fourth-order valence-corrected chi connectivity index (χ4v) is 1.83. The molecule has 0 saturated heterocycles. The number of hydrogen-bond donors (Lipinski definition) is 1. The Morgan fingerprint density at radius 2 is 2.00 bits per heavy atom. The molecule has 0 aliphatic heterocycles. The number of ether oxygens (including phenoxy) is 1. The summed E-state index contributed by atoms with van der Waals surface area (Å²) in [6, 6.07) is 7.49. The van der Waals surface area contributed by atoms with Crippen LogP contribution in [0, 0.1) is 0 Å². The van der Waals surface area contributed by atoms with Gasteiger partial charge in [-0.1, -0.05) is 18.2 Å². The molecule has 0 saturated carbocycles. The lowest BCUT2D eigenvalue weighted by Crippen LogP contribution is -2.37. The van der Waals surface area contributed by atoms with Crippen molar-refractivity contribution in [2.45, 2.75) is 25.8 Å². The quantitative estimate of drug-likeness (QED) is 0.793. The summed E-state index contributed by atoms with van der Waals surface area (Å²) in [5.74, 6) is -0.732. The second kappa shape index (κ2) is 6.78. The molecular formula is C14H19NO4. The zero-order valence-electron chi connectivity index (χ0n) is 11.4. The molecular weight excluding hydrogens is 246 g/mol. The molecule has 1 unspecified atom stereocenters. The first-order valence-electron chi connectivity index (χ1n) is 6.05. The van der Waals surface area contributed by atoms with E-state index in [1.54, 1.807) is 14.2 Å². The number of rotatable bonds is 6. The molecule has 0 aliphatic rings. The topological polar surface area (TPSA) is 66.8 Å². The van der Waals surface area contributed by atoms with Gasteiger partial charge >= 0.3 is 5.97 Å². The second-order valence-corrected chi connectivity index (χ2v) is 4.44. The van der Waals surface area contributed by atoms with Crippen molar-refractivity contribution in [3.63, 3.8) is 0 Å². The Bertz CT molecular complexity index is 459. The predicted molar refractivity (Wildman–Crippen MR) is 71.2 cm³/mol. The molecule has 0 fully saturated rings. The average Bonchev–Trinajstić information content (AvgIpc) is 2.37. The molecule has 1 aromatic rings. The maximum Gasteiger partial charge on any atom is 0.312 e. The average molecular weight is 265 g/mol. The summed E-state index contributed by atoms with van der Waals surface area (Å²) in [4.78, 5) is 23.6. The van der Waals surface area contributed by atoms with E-state index in [2.05, 4.69) is 0 Å². The van der Waals surface area contributed by atoms with Crippen molar-refractivity contribution in [2.75, 3.05) is 14.2 Å². The molecule has 0 bridgehead atoms. The van der Waals surface area contributed by atoms with Gasteiger partial charge < -0.3 is 14.7 Å². The third-order valence-electron chi connectivity index (χ3n) is 3.06. The molecule has 5 nitrogen and oxygen atoms in total. The molecule has 1 amide bonds. The first-order valence-corrected chi connectivity index (χ1v) is 6.05. The van der Waals surface area contributed by atoms with Crippen LogP contribution in [0.15, 0.2) is 24.3 Å². The second-order valence-electron chi connectivity index (χ2n) is 4.44. The van der Waals surface area contributed by atoms with Crippen molar-refractivity contribution in [2.24, 2.45) is 0 Å². The molecule has 1 atom stereocenters. The SMILES string of the molecule is COc1ccccc1CC(C)N(C)C(=O)CC(=O)O. The number of likely N-dealkylation sites (N-methyl/N-ethyl adjacent to an activating group) is 1. The lowest BCUT2D eigenvalue weighted by molar-refractivity contribution is -0.144. The van der Waals surface area contributed by atoms with E-state index in [-0.39, 0.29) is 6.04 Å². The molecule has 104 valence electrons. The molecule has 0 aliphatic carbocycles. The van der Waals surface area contributed by atoms with Crippen LogP contribution in [-0.2, 0) is 16.0 Å². The van der Waals surface area contributed by atoms with Crippen molar-refractivity contribution in [1.29, 1.82) is 0 Å². The Labute approximate surface area is 112 Å². The molecule has 19 heavy (non-hydrogen) atoms. The maximum absolute atomic E-state index is 11.7. The van der Waals surface area contributed by atoms with Crippen LogP contribution in [-0.4, -0.2) is 42.1 Å². The molecule has 0 aromatic heterocycles. The van der Waals surface area contributed by atoms with Gasteiger partial charge in [0.15, 0.2) is 0 Å². The largest absolute Gasteiger partial charge is 0.496 e. The van der Waals surface area contributed by atoms with Crippen molar-refractivity contribution in [3.8, 4) is 5.75 Å². The summed E-state index contributed by atoms with van der Waals surface area (Å²) in [7, 11) is 3.22. The lowest BCUT2D eigenvalue weighted by atomic mass is 10.0. The van der Waals surface area contributed by atoms with E-state index >= 15 is 0 Å². The molecule has 0 spiro atoms. The van der Waals surface area contributed by atoms with E-state index in [1.165, 1.54) is 4.90 Å². The fraction of sp³-hybridized carbons (Fsp3) is 0.429. The van der Waals surface area contributed by atoms with Gasteiger partial charge in [-0.25, -0.2) is 0 Å². The number of nitrogens with zero attached hydrogens (tertiary/aromatic N) is 1. The van der Waals surface area contributed by atoms with Crippen LogP contribution >= 0.6 is 0 Å². The smallest absolute Gasteiger partial charge is 0.312 e. The van der Waals surface area contributed by atoms with Crippen molar-refractivity contribution < 1.29 is 19.4 Å². The Balaban J connectivity index is 2.70. The summed E-state index contributed by atoms with van der Waals surface area (Å²) in [5, 5.41) is 8.62. The first-order chi connectivity index (χ1) is 8.95. The minimum absolute atomic E-state index is 0.0943. The summed E-state index contributed by atoms with van der Waals surface area (Å²) < 4.78 is 5.25. The summed E-state index contributed by atoms with van der Waals surface area (Å²) in [6.45, 7) is 1.88. The van der Waals surface area contributed by atoms with E-state index in [9.17, 15) is 9.59 Å². The van der Waals surface area contributed by atoms with Crippen LogP contribution in [0.2, 0.25) is 0 Å². The number of benzene rings is 1. The minimum Gasteiger partial charge on any atom is -0.496 e. The van der Waals surface area contributed by atoms with Gasteiger partial charge in [0.25, 0.3) is 0 Å². The predicted octanol–water partition coefficient (Wildman–Crippen LogP) is 1.56. The molecule has 1 rings (SSSR count). The van der Waals surface area contributed by atoms with Gasteiger partial charge in [-0.2, -0.15) is 0 Å². The standard InChI is InChI=1S/C14H19NO4/c1-10(15(2)13(16)9-14(17)18)8-11-6-4-5-7-12(11)19-3/h4-7,10H,8-9H2,1-3H3,(H,17,18). The molecule has 0 radical (unpaired) electrons. The number of amides is 1. The van der Waals surface area contributed by atoms with Gasteiger partial charge in [0.1, 0.15) is 12.2 Å². The summed E-state index contributed by atoms with van der Waals surface area (Å²) in [6.07, 6.45) is 0.138. The van der Waals surface area contributed by atoms with E-state index in [0.29, 0.717) is 6.42 Å². The van der Waals surface area contributed by atoms with Crippen LogP contribution in [0.25, 0.3) is 0 Å². The molecule has 0 heterocycles. The Hall–Kier alpha value is -2.04. The van der Waals surface area contributed by atoms with Gasteiger partial charge in [-0.15, -0.1) is 0 Å². The number of methoxy groups -OCH3 is 1. The first kappa shape index (κ1) is 15.0. The minimum atomic E-state index is -1.11.